The third-order valence-corrected chi connectivity index (χ3v) is 6.17. The molecule has 8 heteroatoms. The molecule has 3 rings (SSSR count). The van der Waals surface area contributed by atoms with Crippen molar-refractivity contribution in [2.45, 2.75) is 38.8 Å². The zero-order valence-corrected chi connectivity index (χ0v) is 20.6. The van der Waals surface area contributed by atoms with E-state index in [4.69, 9.17) is 18.9 Å². The van der Waals surface area contributed by atoms with Crippen molar-refractivity contribution in [3.8, 4) is 23.0 Å². The predicted molar refractivity (Wildman–Crippen MR) is 128 cm³/mol. The van der Waals surface area contributed by atoms with Crippen molar-refractivity contribution >= 4 is 11.8 Å². The summed E-state index contributed by atoms with van der Waals surface area (Å²) in [5, 5.41) is 3.01. The number of rotatable bonds is 11. The van der Waals surface area contributed by atoms with Crippen molar-refractivity contribution in [2.24, 2.45) is 5.92 Å². The van der Waals surface area contributed by atoms with Gasteiger partial charge in [0, 0.05) is 19.5 Å². The summed E-state index contributed by atoms with van der Waals surface area (Å²) in [4.78, 5) is 28.1. The topological polar surface area (TPSA) is 86.3 Å². The van der Waals surface area contributed by atoms with E-state index in [0.29, 0.717) is 23.8 Å². The van der Waals surface area contributed by atoms with Crippen molar-refractivity contribution in [1.82, 2.24) is 10.2 Å². The monoisotopic (exact) mass is 470 g/mol. The lowest BCUT2D eigenvalue weighted by Gasteiger charge is -2.28. The summed E-state index contributed by atoms with van der Waals surface area (Å²) in [6.07, 6.45) is 2.04. The lowest BCUT2D eigenvalue weighted by atomic mass is 9.92. The highest BCUT2D eigenvalue weighted by Gasteiger charge is 2.44. The van der Waals surface area contributed by atoms with E-state index < -0.39 is 5.92 Å². The number of nitrogens with one attached hydrogen (secondary N) is 1. The highest BCUT2D eigenvalue weighted by Crippen LogP contribution is 2.40. The quantitative estimate of drug-likeness (QED) is 0.539. The first kappa shape index (κ1) is 25.2. The van der Waals surface area contributed by atoms with Crippen molar-refractivity contribution in [1.29, 1.82) is 0 Å². The van der Waals surface area contributed by atoms with E-state index in [1.807, 2.05) is 29.2 Å². The number of carbonyl (C=O) groups is 2. The zero-order valence-electron chi connectivity index (χ0n) is 20.6. The number of carbonyl (C=O) groups excluding carboxylic acids is 2. The maximum Gasteiger partial charge on any atom is 0.226 e. The zero-order chi connectivity index (χ0) is 24.7. The normalized spacial score (nSPS) is 17.4. The van der Waals surface area contributed by atoms with Gasteiger partial charge in [-0.3, -0.25) is 9.59 Å². The summed E-state index contributed by atoms with van der Waals surface area (Å²) in [5.41, 5.74) is 1.73. The molecule has 2 atom stereocenters. The first-order chi connectivity index (χ1) is 16.5. The SMILES string of the molecule is CCCCN1C(=O)CC(C(=O)NCc2cc(OC)c(OC)c(OC)c2)C1c1ccc(OC)cc1. The van der Waals surface area contributed by atoms with Gasteiger partial charge >= 0.3 is 0 Å². The largest absolute Gasteiger partial charge is 0.497 e. The number of hydrogen-bond donors (Lipinski definition) is 1. The molecule has 8 nitrogen and oxygen atoms in total. The Morgan fingerprint density at radius 1 is 1.00 bits per heavy atom. The maximum absolute atomic E-state index is 13.3. The fourth-order valence-corrected chi connectivity index (χ4v) is 4.39. The molecular formula is C26H34N2O6. The van der Waals surface area contributed by atoms with Gasteiger partial charge in [0.25, 0.3) is 0 Å². The molecule has 1 aliphatic rings. The fraction of sp³-hybridized carbons (Fsp3) is 0.462. The minimum absolute atomic E-state index is 0.00204. The summed E-state index contributed by atoms with van der Waals surface area (Å²) in [6.45, 7) is 2.98. The van der Waals surface area contributed by atoms with Crippen molar-refractivity contribution in [3.63, 3.8) is 0 Å². The summed E-state index contributed by atoms with van der Waals surface area (Å²) >= 11 is 0. The Balaban J connectivity index is 1.82. The highest BCUT2D eigenvalue weighted by molar-refractivity contribution is 5.90. The van der Waals surface area contributed by atoms with E-state index in [1.54, 1.807) is 40.6 Å². The number of unbranched alkanes of at least 4 members (excludes halogenated alkanes) is 1. The summed E-state index contributed by atoms with van der Waals surface area (Å²) in [5.74, 6) is 1.61. The third kappa shape index (κ3) is 5.38. The number of methoxy groups -OCH3 is 4. The van der Waals surface area contributed by atoms with Crippen molar-refractivity contribution in [2.75, 3.05) is 35.0 Å². The van der Waals surface area contributed by atoms with Gasteiger partial charge in [-0.15, -0.1) is 0 Å². The molecule has 0 saturated carbocycles. The molecule has 0 radical (unpaired) electrons. The molecule has 0 bridgehead atoms. The van der Waals surface area contributed by atoms with Crippen LogP contribution in [0.1, 0.15) is 43.4 Å². The van der Waals surface area contributed by atoms with Gasteiger partial charge in [-0.25, -0.2) is 0 Å². The second kappa shape index (κ2) is 11.6. The molecule has 0 spiro atoms. The van der Waals surface area contributed by atoms with E-state index >= 15 is 0 Å². The molecular weight excluding hydrogens is 436 g/mol. The molecule has 184 valence electrons. The Labute approximate surface area is 201 Å². The van der Waals surface area contributed by atoms with Gasteiger partial charge in [0.05, 0.1) is 40.4 Å². The summed E-state index contributed by atoms with van der Waals surface area (Å²) in [6, 6.07) is 10.9. The van der Waals surface area contributed by atoms with E-state index in [2.05, 4.69) is 12.2 Å². The van der Waals surface area contributed by atoms with E-state index in [-0.39, 0.29) is 30.8 Å². The fourth-order valence-electron chi connectivity index (χ4n) is 4.39. The first-order valence-electron chi connectivity index (χ1n) is 11.5. The molecule has 0 aromatic heterocycles. The van der Waals surface area contributed by atoms with Crippen molar-refractivity contribution < 1.29 is 28.5 Å². The highest BCUT2D eigenvalue weighted by atomic mass is 16.5. The Hall–Kier alpha value is -3.42. The maximum atomic E-state index is 13.3. The van der Waals surface area contributed by atoms with Crippen LogP contribution in [0, 0.1) is 5.92 Å². The average molecular weight is 471 g/mol. The van der Waals surface area contributed by atoms with Crippen LogP contribution < -0.4 is 24.3 Å². The number of benzene rings is 2. The van der Waals surface area contributed by atoms with Crippen molar-refractivity contribution in [3.05, 3.63) is 47.5 Å². The van der Waals surface area contributed by atoms with Crippen LogP contribution >= 0.6 is 0 Å². The number of hydrogen-bond acceptors (Lipinski definition) is 6. The minimum atomic E-state index is -0.486. The Bertz CT molecular complexity index is 966. The molecule has 2 unspecified atom stereocenters. The van der Waals surface area contributed by atoms with Crippen LogP contribution in [0.3, 0.4) is 0 Å². The standard InChI is InChI=1S/C26H34N2O6/c1-6-7-12-28-23(29)15-20(24(28)18-8-10-19(31-2)11-9-18)26(30)27-16-17-13-21(32-3)25(34-5)22(14-17)33-4/h8-11,13-14,20,24H,6-7,12,15-16H2,1-5H3,(H,27,30). The molecule has 2 aromatic rings. The second-order valence-corrected chi connectivity index (χ2v) is 8.22. The molecule has 1 fully saturated rings. The van der Waals surface area contributed by atoms with Gasteiger partial charge in [-0.2, -0.15) is 0 Å². The predicted octanol–water partition coefficient (Wildman–Crippen LogP) is 3.73. The molecule has 1 heterocycles. The minimum Gasteiger partial charge on any atom is -0.497 e. The lowest BCUT2D eigenvalue weighted by molar-refractivity contribution is -0.129. The van der Waals surface area contributed by atoms with Gasteiger partial charge in [0.1, 0.15) is 5.75 Å². The average Bonchev–Trinajstić information content (AvgIpc) is 3.20. The van der Waals surface area contributed by atoms with Crippen LogP contribution in [-0.2, 0) is 16.1 Å². The molecule has 1 aliphatic heterocycles. The molecule has 2 amide bonds. The molecule has 1 N–H and O–H groups in total. The van der Waals surface area contributed by atoms with Crippen LogP contribution in [0.5, 0.6) is 23.0 Å². The number of ether oxygens (including phenoxy) is 4. The van der Waals surface area contributed by atoms with E-state index in [0.717, 1.165) is 29.7 Å². The Kier molecular flexibility index (Phi) is 8.62. The molecule has 1 saturated heterocycles. The number of nitrogens with zero attached hydrogens (tertiary/aromatic N) is 1. The summed E-state index contributed by atoms with van der Waals surface area (Å²) in [7, 11) is 6.26. The molecule has 2 aromatic carbocycles. The van der Waals surface area contributed by atoms with E-state index in [9.17, 15) is 9.59 Å². The second-order valence-electron chi connectivity index (χ2n) is 8.22. The molecule has 34 heavy (non-hydrogen) atoms. The van der Waals surface area contributed by atoms with Gasteiger partial charge in [-0.05, 0) is 41.8 Å². The van der Waals surface area contributed by atoms with Gasteiger partial charge < -0.3 is 29.2 Å². The number of amides is 2. The van der Waals surface area contributed by atoms with Crippen LogP contribution in [0.25, 0.3) is 0 Å². The van der Waals surface area contributed by atoms with Gasteiger partial charge in [0.15, 0.2) is 11.5 Å². The van der Waals surface area contributed by atoms with Crippen LogP contribution in [0.15, 0.2) is 36.4 Å². The molecule has 0 aliphatic carbocycles. The van der Waals surface area contributed by atoms with Crippen LogP contribution in [0.2, 0.25) is 0 Å². The van der Waals surface area contributed by atoms with Gasteiger partial charge in [-0.1, -0.05) is 25.5 Å². The van der Waals surface area contributed by atoms with E-state index in [1.165, 1.54) is 0 Å². The van der Waals surface area contributed by atoms with Crippen LogP contribution in [0.4, 0.5) is 0 Å². The third-order valence-electron chi connectivity index (χ3n) is 6.17. The Morgan fingerprint density at radius 3 is 2.18 bits per heavy atom. The Morgan fingerprint density at radius 2 is 1.65 bits per heavy atom. The summed E-state index contributed by atoms with van der Waals surface area (Å²) < 4.78 is 21.4. The number of likely N-dealkylation sites (tertiary alicyclic amines) is 1. The van der Waals surface area contributed by atoms with Crippen LogP contribution in [-0.4, -0.2) is 51.7 Å². The lowest BCUT2D eigenvalue weighted by Crippen LogP contribution is -2.35. The van der Waals surface area contributed by atoms with Gasteiger partial charge in [0.2, 0.25) is 17.6 Å². The first-order valence-corrected chi connectivity index (χ1v) is 11.5. The smallest absolute Gasteiger partial charge is 0.226 e.